The molecule has 2 heteroatoms. The topological polar surface area (TPSA) is 12.9 Å². The van der Waals surface area contributed by atoms with Gasteiger partial charge in [-0.3, -0.25) is 4.98 Å². The molecular formula is C12H16ClN. The minimum atomic E-state index is 0.255. The molecule has 76 valence electrons. The van der Waals surface area contributed by atoms with Crippen LogP contribution in [-0.2, 0) is 5.41 Å². The Bertz CT molecular complexity index is 337. The van der Waals surface area contributed by atoms with Gasteiger partial charge in [-0.25, -0.2) is 0 Å². The first-order valence-corrected chi connectivity index (χ1v) is 5.60. The van der Waals surface area contributed by atoms with E-state index in [-0.39, 0.29) is 5.41 Å². The van der Waals surface area contributed by atoms with Gasteiger partial charge in [-0.05, 0) is 42.7 Å². The van der Waals surface area contributed by atoms with Crippen molar-refractivity contribution in [1.82, 2.24) is 4.98 Å². The predicted octanol–water partition coefficient (Wildman–Crippen LogP) is 3.44. The van der Waals surface area contributed by atoms with Gasteiger partial charge in [0.25, 0.3) is 0 Å². The first-order valence-electron chi connectivity index (χ1n) is 5.16. The highest BCUT2D eigenvalue weighted by Gasteiger charge is 2.35. The van der Waals surface area contributed by atoms with E-state index in [2.05, 4.69) is 24.9 Å². The molecule has 2 atom stereocenters. The van der Waals surface area contributed by atoms with Crippen LogP contribution in [-0.4, -0.2) is 10.4 Å². The summed E-state index contributed by atoms with van der Waals surface area (Å²) in [6, 6.07) is 2.24. The molecule has 14 heavy (non-hydrogen) atoms. The van der Waals surface area contributed by atoms with Crippen LogP contribution < -0.4 is 0 Å². The molecular weight excluding hydrogens is 194 g/mol. The Hall–Kier alpha value is -0.560. The van der Waals surface area contributed by atoms with Crippen molar-refractivity contribution in [2.75, 3.05) is 0 Å². The summed E-state index contributed by atoms with van der Waals surface area (Å²) in [4.78, 5) is 4.26. The number of halogens is 1. The zero-order valence-electron chi connectivity index (χ0n) is 8.76. The molecule has 0 bridgehead atoms. The summed E-state index contributed by atoms with van der Waals surface area (Å²) in [6.45, 7) is 4.39. The third-order valence-electron chi connectivity index (χ3n) is 3.25. The fraction of sp³-hybridized carbons (Fsp3) is 0.583. The Morgan fingerprint density at radius 1 is 1.50 bits per heavy atom. The quantitative estimate of drug-likeness (QED) is 0.646. The Labute approximate surface area is 90.5 Å². The van der Waals surface area contributed by atoms with Crippen molar-refractivity contribution in [2.45, 2.75) is 43.9 Å². The van der Waals surface area contributed by atoms with Gasteiger partial charge in [0.2, 0.25) is 0 Å². The number of nitrogens with zero attached hydrogens (tertiary/aromatic N) is 1. The van der Waals surface area contributed by atoms with Gasteiger partial charge in [0, 0.05) is 17.8 Å². The van der Waals surface area contributed by atoms with E-state index < -0.39 is 0 Å². The van der Waals surface area contributed by atoms with E-state index in [1.165, 1.54) is 17.5 Å². The lowest BCUT2D eigenvalue weighted by Gasteiger charge is -2.24. The van der Waals surface area contributed by atoms with Gasteiger partial charge in [-0.15, -0.1) is 11.6 Å². The highest BCUT2D eigenvalue weighted by Crippen LogP contribution is 2.42. The summed E-state index contributed by atoms with van der Waals surface area (Å²) in [5, 5.41) is 0.348. The molecule has 2 unspecified atom stereocenters. The molecule has 2 rings (SSSR count). The van der Waals surface area contributed by atoms with Crippen LogP contribution in [0, 0.1) is 6.92 Å². The second-order valence-electron chi connectivity index (χ2n) is 4.65. The molecule has 0 saturated heterocycles. The maximum Gasteiger partial charge on any atom is 0.0344 e. The third-order valence-corrected chi connectivity index (χ3v) is 3.63. The summed E-state index contributed by atoms with van der Waals surface area (Å²) < 4.78 is 0. The SMILES string of the molecule is Cc1cncc(C2(C)CCC(Cl)C2)c1. The van der Waals surface area contributed by atoms with Gasteiger partial charge in [-0.2, -0.15) is 0 Å². The average molecular weight is 210 g/mol. The molecule has 1 fully saturated rings. The van der Waals surface area contributed by atoms with Gasteiger partial charge in [-0.1, -0.05) is 13.0 Å². The number of pyridine rings is 1. The summed E-state index contributed by atoms with van der Waals surface area (Å²) in [7, 11) is 0. The number of alkyl halides is 1. The number of rotatable bonds is 1. The zero-order chi connectivity index (χ0) is 10.2. The van der Waals surface area contributed by atoms with E-state index >= 15 is 0 Å². The van der Waals surface area contributed by atoms with Crippen LogP contribution in [0.1, 0.15) is 37.3 Å². The first-order chi connectivity index (χ1) is 6.60. The minimum Gasteiger partial charge on any atom is -0.264 e. The normalized spacial score (nSPS) is 32.1. The second kappa shape index (κ2) is 3.54. The third kappa shape index (κ3) is 1.78. The van der Waals surface area contributed by atoms with Crippen molar-refractivity contribution in [1.29, 1.82) is 0 Å². The highest BCUT2D eigenvalue weighted by atomic mass is 35.5. The lowest BCUT2D eigenvalue weighted by atomic mass is 9.81. The van der Waals surface area contributed by atoms with Crippen molar-refractivity contribution in [3.8, 4) is 0 Å². The molecule has 0 N–H and O–H groups in total. The van der Waals surface area contributed by atoms with Gasteiger partial charge >= 0.3 is 0 Å². The van der Waals surface area contributed by atoms with E-state index in [0.29, 0.717) is 5.38 Å². The van der Waals surface area contributed by atoms with Crippen LogP contribution in [0.25, 0.3) is 0 Å². The molecule has 1 nitrogen and oxygen atoms in total. The Morgan fingerprint density at radius 3 is 2.86 bits per heavy atom. The van der Waals surface area contributed by atoms with Gasteiger partial charge in [0.05, 0.1) is 0 Å². The molecule has 1 heterocycles. The summed E-state index contributed by atoms with van der Waals surface area (Å²) >= 11 is 6.17. The minimum absolute atomic E-state index is 0.255. The maximum atomic E-state index is 6.17. The van der Waals surface area contributed by atoms with Gasteiger partial charge < -0.3 is 0 Å². The summed E-state index contributed by atoms with van der Waals surface area (Å²) in [5.74, 6) is 0. The number of hydrogen-bond acceptors (Lipinski definition) is 1. The molecule has 0 aliphatic heterocycles. The zero-order valence-corrected chi connectivity index (χ0v) is 9.51. The Balaban J connectivity index is 2.30. The van der Waals surface area contributed by atoms with Gasteiger partial charge in [0.1, 0.15) is 0 Å². The van der Waals surface area contributed by atoms with E-state index in [9.17, 15) is 0 Å². The average Bonchev–Trinajstić information content (AvgIpc) is 2.48. The smallest absolute Gasteiger partial charge is 0.0344 e. The Morgan fingerprint density at radius 2 is 2.29 bits per heavy atom. The van der Waals surface area contributed by atoms with E-state index in [1.807, 2.05) is 12.4 Å². The highest BCUT2D eigenvalue weighted by molar-refractivity contribution is 6.20. The van der Waals surface area contributed by atoms with Crippen molar-refractivity contribution in [3.05, 3.63) is 29.6 Å². The van der Waals surface area contributed by atoms with Crippen molar-refractivity contribution >= 4 is 11.6 Å². The van der Waals surface area contributed by atoms with Crippen LogP contribution in [0.15, 0.2) is 18.5 Å². The molecule has 1 aromatic heterocycles. The van der Waals surface area contributed by atoms with Crippen molar-refractivity contribution in [3.63, 3.8) is 0 Å². The summed E-state index contributed by atoms with van der Waals surface area (Å²) in [5.41, 5.74) is 2.84. The molecule has 1 aliphatic carbocycles. The predicted molar refractivity (Wildman–Crippen MR) is 59.8 cm³/mol. The molecule has 0 amide bonds. The van der Waals surface area contributed by atoms with Crippen molar-refractivity contribution in [2.24, 2.45) is 0 Å². The van der Waals surface area contributed by atoms with E-state index in [1.54, 1.807) is 0 Å². The largest absolute Gasteiger partial charge is 0.264 e. The molecule has 1 aliphatic rings. The van der Waals surface area contributed by atoms with Gasteiger partial charge in [0.15, 0.2) is 0 Å². The molecule has 1 aromatic rings. The van der Waals surface area contributed by atoms with Crippen molar-refractivity contribution < 1.29 is 0 Å². The van der Waals surface area contributed by atoms with Crippen LogP contribution >= 0.6 is 11.6 Å². The maximum absolute atomic E-state index is 6.17. The van der Waals surface area contributed by atoms with E-state index in [0.717, 1.165) is 12.8 Å². The molecule has 0 aromatic carbocycles. The first kappa shape index (κ1) is 9.97. The summed E-state index contributed by atoms with van der Waals surface area (Å²) in [6.07, 6.45) is 7.29. The van der Waals surface area contributed by atoms with Crippen LogP contribution in [0.3, 0.4) is 0 Å². The fourth-order valence-electron chi connectivity index (χ4n) is 2.32. The number of aryl methyl sites for hydroxylation is 1. The van der Waals surface area contributed by atoms with Crippen LogP contribution in [0.4, 0.5) is 0 Å². The van der Waals surface area contributed by atoms with Crippen LogP contribution in [0.2, 0.25) is 0 Å². The number of aromatic nitrogens is 1. The van der Waals surface area contributed by atoms with E-state index in [4.69, 9.17) is 11.6 Å². The fourth-order valence-corrected chi connectivity index (χ4v) is 2.77. The molecule has 0 radical (unpaired) electrons. The Kier molecular flexibility index (Phi) is 2.52. The second-order valence-corrected chi connectivity index (χ2v) is 5.27. The molecule has 1 saturated carbocycles. The monoisotopic (exact) mass is 209 g/mol. The molecule has 0 spiro atoms. The standard InChI is InChI=1S/C12H16ClN/c1-9-5-10(8-14-7-9)12(2)4-3-11(13)6-12/h5,7-8,11H,3-4,6H2,1-2H3. The number of hydrogen-bond donors (Lipinski definition) is 0. The lowest BCUT2D eigenvalue weighted by molar-refractivity contribution is 0.490. The van der Waals surface area contributed by atoms with Crippen LogP contribution in [0.5, 0.6) is 0 Å². The lowest BCUT2D eigenvalue weighted by Crippen LogP contribution is -2.18.